The fourth-order valence-electron chi connectivity index (χ4n) is 1.07. The fourth-order valence-corrected chi connectivity index (χ4v) is 1.07. The van der Waals surface area contributed by atoms with E-state index >= 15 is 0 Å². The van der Waals surface area contributed by atoms with E-state index in [2.05, 4.69) is 4.84 Å². The molecule has 17 heavy (non-hydrogen) atoms. The van der Waals surface area contributed by atoms with Gasteiger partial charge in [-0.15, -0.1) is 0 Å². The van der Waals surface area contributed by atoms with Gasteiger partial charge in [-0.3, -0.25) is 9.63 Å². The molecular weight excluding hydrogens is 239 g/mol. The molecule has 0 unspecified atom stereocenters. The molecule has 0 radical (unpaired) electrons. The standard InChI is InChI=1S/C10H10F3NO3/c1-16-8-5-3-2-4-7(8)9(15)14-17-6-10(11,12)13/h2-5H,6H2,1H3,(H,14,15). The monoisotopic (exact) mass is 249 g/mol. The number of halogens is 3. The maximum atomic E-state index is 11.8. The van der Waals surface area contributed by atoms with Gasteiger partial charge in [-0.1, -0.05) is 12.1 Å². The van der Waals surface area contributed by atoms with Crippen LogP contribution in [0.1, 0.15) is 10.4 Å². The topological polar surface area (TPSA) is 47.6 Å². The zero-order valence-electron chi connectivity index (χ0n) is 8.88. The zero-order chi connectivity index (χ0) is 12.9. The Labute approximate surface area is 95.3 Å². The minimum Gasteiger partial charge on any atom is -0.496 e. The van der Waals surface area contributed by atoms with Gasteiger partial charge in [0.25, 0.3) is 5.91 Å². The lowest BCUT2D eigenvalue weighted by molar-refractivity contribution is -0.184. The summed E-state index contributed by atoms with van der Waals surface area (Å²) in [5.74, 6) is -0.549. The number of hydrogen-bond acceptors (Lipinski definition) is 3. The van der Waals surface area contributed by atoms with Crippen molar-refractivity contribution >= 4 is 5.91 Å². The van der Waals surface area contributed by atoms with Crippen LogP contribution in [0.2, 0.25) is 0 Å². The third-order valence-electron chi connectivity index (χ3n) is 1.75. The number of benzene rings is 1. The molecule has 4 nitrogen and oxygen atoms in total. The van der Waals surface area contributed by atoms with Gasteiger partial charge in [-0.2, -0.15) is 13.2 Å². The lowest BCUT2D eigenvalue weighted by Crippen LogP contribution is -2.29. The Bertz CT molecular complexity index is 393. The Hall–Kier alpha value is -1.76. The van der Waals surface area contributed by atoms with Gasteiger partial charge in [0.15, 0.2) is 6.61 Å². The number of alkyl halides is 3. The van der Waals surface area contributed by atoms with Crippen molar-refractivity contribution in [2.75, 3.05) is 13.7 Å². The number of carbonyl (C=O) groups excluding carboxylic acids is 1. The van der Waals surface area contributed by atoms with Crippen molar-refractivity contribution in [3.63, 3.8) is 0 Å². The van der Waals surface area contributed by atoms with Crippen LogP contribution in [-0.4, -0.2) is 25.8 Å². The highest BCUT2D eigenvalue weighted by Gasteiger charge is 2.28. The lowest BCUT2D eigenvalue weighted by Gasteiger charge is -2.10. The first-order valence-corrected chi connectivity index (χ1v) is 4.56. The smallest absolute Gasteiger partial charge is 0.414 e. The molecule has 0 atom stereocenters. The number of rotatable bonds is 4. The molecular formula is C10H10F3NO3. The van der Waals surface area contributed by atoms with Crippen LogP contribution >= 0.6 is 0 Å². The number of para-hydroxylation sites is 1. The summed E-state index contributed by atoms with van der Waals surface area (Å²) in [4.78, 5) is 15.5. The summed E-state index contributed by atoms with van der Waals surface area (Å²) in [6.45, 7) is -1.55. The second-order valence-corrected chi connectivity index (χ2v) is 3.04. The Balaban J connectivity index is 2.58. The van der Waals surface area contributed by atoms with E-state index in [1.54, 1.807) is 17.6 Å². The summed E-state index contributed by atoms with van der Waals surface area (Å²) in [7, 11) is 1.35. The number of ether oxygens (including phenoxy) is 1. The summed E-state index contributed by atoms with van der Waals surface area (Å²) in [6, 6.07) is 6.11. The zero-order valence-corrected chi connectivity index (χ0v) is 8.88. The first-order chi connectivity index (χ1) is 7.94. The summed E-state index contributed by atoms with van der Waals surface area (Å²) >= 11 is 0. The molecule has 94 valence electrons. The minimum absolute atomic E-state index is 0.0946. The molecule has 0 fully saturated rings. The summed E-state index contributed by atoms with van der Waals surface area (Å²) in [5, 5.41) is 0. The van der Waals surface area contributed by atoms with Crippen LogP contribution in [-0.2, 0) is 4.84 Å². The summed E-state index contributed by atoms with van der Waals surface area (Å²) in [5.41, 5.74) is 1.79. The highest BCUT2D eigenvalue weighted by molar-refractivity contribution is 5.96. The third-order valence-corrected chi connectivity index (χ3v) is 1.75. The Kier molecular flexibility index (Phi) is 4.33. The highest BCUT2D eigenvalue weighted by atomic mass is 19.4. The van der Waals surface area contributed by atoms with Gasteiger partial charge < -0.3 is 4.74 Å². The molecule has 1 aromatic carbocycles. The van der Waals surface area contributed by atoms with Crippen LogP contribution in [0, 0.1) is 0 Å². The van der Waals surface area contributed by atoms with Gasteiger partial charge in [-0.05, 0) is 12.1 Å². The molecule has 1 N–H and O–H groups in total. The molecule has 0 bridgehead atoms. The second kappa shape index (κ2) is 5.53. The maximum absolute atomic E-state index is 11.8. The molecule has 0 saturated heterocycles. The average Bonchev–Trinajstić information content (AvgIpc) is 2.27. The van der Waals surface area contributed by atoms with Crippen LogP contribution < -0.4 is 10.2 Å². The number of hydrogen-bond donors (Lipinski definition) is 1. The van der Waals surface area contributed by atoms with Crippen LogP contribution in [0.5, 0.6) is 5.75 Å². The van der Waals surface area contributed by atoms with E-state index in [1.165, 1.54) is 19.2 Å². The van der Waals surface area contributed by atoms with Gasteiger partial charge in [0, 0.05) is 0 Å². The van der Waals surface area contributed by atoms with Crippen molar-refractivity contribution in [2.24, 2.45) is 0 Å². The van der Waals surface area contributed by atoms with E-state index in [0.717, 1.165) is 0 Å². The summed E-state index contributed by atoms with van der Waals surface area (Å²) < 4.78 is 40.1. The van der Waals surface area contributed by atoms with E-state index < -0.39 is 18.7 Å². The van der Waals surface area contributed by atoms with E-state index in [0.29, 0.717) is 0 Å². The molecule has 1 amide bonds. The SMILES string of the molecule is COc1ccccc1C(=O)NOCC(F)(F)F. The van der Waals surface area contributed by atoms with E-state index in [4.69, 9.17) is 4.74 Å². The fraction of sp³-hybridized carbons (Fsp3) is 0.300. The molecule has 1 aromatic rings. The second-order valence-electron chi connectivity index (χ2n) is 3.04. The van der Waals surface area contributed by atoms with Crippen molar-refractivity contribution in [1.29, 1.82) is 0 Å². The molecule has 0 aliphatic rings. The molecule has 0 aliphatic heterocycles. The molecule has 0 heterocycles. The average molecular weight is 249 g/mol. The minimum atomic E-state index is -4.49. The van der Waals surface area contributed by atoms with E-state index in [1.807, 2.05) is 0 Å². The lowest BCUT2D eigenvalue weighted by atomic mass is 10.2. The number of carbonyl (C=O) groups is 1. The van der Waals surface area contributed by atoms with Crippen molar-refractivity contribution in [2.45, 2.75) is 6.18 Å². The van der Waals surface area contributed by atoms with Crippen LogP contribution in [0.15, 0.2) is 24.3 Å². The van der Waals surface area contributed by atoms with Gasteiger partial charge in [-0.25, -0.2) is 5.48 Å². The quantitative estimate of drug-likeness (QED) is 0.829. The van der Waals surface area contributed by atoms with Gasteiger partial charge in [0.2, 0.25) is 0 Å². The van der Waals surface area contributed by atoms with E-state index in [9.17, 15) is 18.0 Å². The van der Waals surface area contributed by atoms with E-state index in [-0.39, 0.29) is 11.3 Å². The number of hydroxylamine groups is 1. The molecule has 0 spiro atoms. The Morgan fingerprint density at radius 1 is 1.35 bits per heavy atom. The molecule has 1 rings (SSSR count). The van der Waals surface area contributed by atoms with Crippen molar-refractivity contribution in [3.05, 3.63) is 29.8 Å². The number of methoxy groups -OCH3 is 1. The molecule has 7 heteroatoms. The Morgan fingerprint density at radius 3 is 2.59 bits per heavy atom. The number of amides is 1. The molecule has 0 aliphatic carbocycles. The van der Waals surface area contributed by atoms with Crippen molar-refractivity contribution in [3.8, 4) is 5.75 Å². The highest BCUT2D eigenvalue weighted by Crippen LogP contribution is 2.17. The Morgan fingerprint density at radius 2 is 2.00 bits per heavy atom. The van der Waals surface area contributed by atoms with Crippen molar-refractivity contribution < 1.29 is 27.5 Å². The van der Waals surface area contributed by atoms with Crippen molar-refractivity contribution in [1.82, 2.24) is 5.48 Å². The van der Waals surface area contributed by atoms with Gasteiger partial charge in [0.05, 0.1) is 12.7 Å². The normalized spacial score (nSPS) is 11.1. The third kappa shape index (κ3) is 4.31. The van der Waals surface area contributed by atoms with Gasteiger partial charge in [0.1, 0.15) is 5.75 Å². The first-order valence-electron chi connectivity index (χ1n) is 4.56. The largest absolute Gasteiger partial charge is 0.496 e. The first kappa shape index (κ1) is 13.3. The van der Waals surface area contributed by atoms with Crippen LogP contribution in [0.25, 0.3) is 0 Å². The number of nitrogens with one attached hydrogen (secondary N) is 1. The maximum Gasteiger partial charge on any atom is 0.414 e. The predicted octanol–water partition coefficient (Wildman–Crippen LogP) is 1.92. The molecule has 0 aromatic heterocycles. The predicted molar refractivity (Wildman–Crippen MR) is 52.5 cm³/mol. The summed E-state index contributed by atoms with van der Waals surface area (Å²) in [6.07, 6.45) is -4.49. The van der Waals surface area contributed by atoms with Crippen LogP contribution in [0.3, 0.4) is 0 Å². The molecule has 0 saturated carbocycles. The van der Waals surface area contributed by atoms with Crippen LogP contribution in [0.4, 0.5) is 13.2 Å². The van der Waals surface area contributed by atoms with Gasteiger partial charge >= 0.3 is 6.18 Å².